The van der Waals surface area contributed by atoms with Crippen molar-refractivity contribution < 1.29 is 29.7 Å². The van der Waals surface area contributed by atoms with Crippen LogP contribution in [0.3, 0.4) is 0 Å². The van der Waals surface area contributed by atoms with Crippen LogP contribution in [0, 0.1) is 0 Å². The molecule has 9 nitrogen and oxygen atoms in total. The Morgan fingerprint density at radius 3 is 2.16 bits per heavy atom. The minimum atomic E-state index is -1.31. The topological polar surface area (TPSA) is 148 Å². The number of amides is 3. The second-order valence-electron chi connectivity index (χ2n) is 3.74. The molecule has 0 rings (SSSR count). The molecule has 0 fully saturated rings. The first kappa shape index (κ1) is 17.0. The molecule has 9 heteroatoms. The van der Waals surface area contributed by atoms with Crippen LogP contribution >= 0.6 is 0 Å². The summed E-state index contributed by atoms with van der Waals surface area (Å²) in [4.78, 5) is 32.3. The van der Waals surface area contributed by atoms with Crippen molar-refractivity contribution >= 4 is 18.1 Å². The summed E-state index contributed by atoms with van der Waals surface area (Å²) < 4.78 is 0. The van der Waals surface area contributed by atoms with Gasteiger partial charge in [0.1, 0.15) is 6.04 Å². The SMILES string of the molecule is O=C(O)NCCCCC(NC(=O)O)C(=O)NCCO. The van der Waals surface area contributed by atoms with Crippen LogP contribution in [-0.2, 0) is 4.79 Å². The normalized spacial score (nSPS) is 11.4. The molecule has 0 aliphatic heterocycles. The first-order chi connectivity index (χ1) is 8.97. The minimum Gasteiger partial charge on any atom is -0.465 e. The van der Waals surface area contributed by atoms with Gasteiger partial charge >= 0.3 is 12.2 Å². The maximum atomic E-state index is 11.6. The Morgan fingerprint density at radius 1 is 0.947 bits per heavy atom. The number of aliphatic hydroxyl groups is 1. The van der Waals surface area contributed by atoms with Crippen molar-refractivity contribution in [3.63, 3.8) is 0 Å². The predicted octanol–water partition coefficient (Wildman–Crippen LogP) is -0.831. The van der Waals surface area contributed by atoms with E-state index in [9.17, 15) is 14.4 Å². The van der Waals surface area contributed by atoms with E-state index >= 15 is 0 Å². The zero-order chi connectivity index (χ0) is 14.7. The molecule has 0 spiro atoms. The molecule has 3 amide bonds. The van der Waals surface area contributed by atoms with Crippen molar-refractivity contribution in [1.29, 1.82) is 0 Å². The maximum absolute atomic E-state index is 11.6. The Hall–Kier alpha value is -2.03. The highest BCUT2D eigenvalue weighted by Crippen LogP contribution is 2.01. The number of hydrogen-bond acceptors (Lipinski definition) is 4. The van der Waals surface area contributed by atoms with Gasteiger partial charge < -0.3 is 31.3 Å². The standard InChI is InChI=1S/C10H19N3O6/c14-6-5-11-8(15)7(13-10(18)19)3-1-2-4-12-9(16)17/h7,12-14H,1-6H2,(H,11,15)(H,16,17)(H,18,19). The monoisotopic (exact) mass is 277 g/mol. The summed E-state index contributed by atoms with van der Waals surface area (Å²) in [5, 5.41) is 32.1. The zero-order valence-electron chi connectivity index (χ0n) is 10.4. The van der Waals surface area contributed by atoms with E-state index in [0.717, 1.165) is 0 Å². The van der Waals surface area contributed by atoms with E-state index in [-0.39, 0.29) is 26.1 Å². The average Bonchev–Trinajstić information content (AvgIpc) is 2.33. The number of unbranched alkanes of at least 4 members (excludes halogenated alkanes) is 1. The third-order valence-corrected chi connectivity index (χ3v) is 2.22. The molecule has 0 saturated heterocycles. The van der Waals surface area contributed by atoms with Gasteiger partial charge in [-0.3, -0.25) is 4.79 Å². The Morgan fingerprint density at radius 2 is 1.63 bits per heavy atom. The van der Waals surface area contributed by atoms with E-state index in [4.69, 9.17) is 15.3 Å². The molecule has 0 radical (unpaired) electrons. The van der Waals surface area contributed by atoms with E-state index < -0.39 is 24.1 Å². The second kappa shape index (κ2) is 9.95. The van der Waals surface area contributed by atoms with Crippen LogP contribution in [0.1, 0.15) is 19.3 Å². The molecule has 0 bridgehead atoms. The molecule has 0 aromatic heterocycles. The summed E-state index contributed by atoms with van der Waals surface area (Å²) >= 11 is 0. The molecular weight excluding hydrogens is 258 g/mol. The molecule has 0 heterocycles. The van der Waals surface area contributed by atoms with Crippen LogP contribution in [0.2, 0.25) is 0 Å². The lowest BCUT2D eigenvalue weighted by Gasteiger charge is -2.16. The molecule has 0 aliphatic rings. The molecular formula is C10H19N3O6. The van der Waals surface area contributed by atoms with Gasteiger partial charge in [-0.1, -0.05) is 0 Å². The summed E-state index contributed by atoms with van der Waals surface area (Å²) in [7, 11) is 0. The summed E-state index contributed by atoms with van der Waals surface area (Å²) in [6, 6.07) is -0.908. The Bertz CT molecular complexity index is 310. The smallest absolute Gasteiger partial charge is 0.405 e. The Balaban J connectivity index is 4.02. The molecule has 0 aromatic carbocycles. The molecule has 1 unspecified atom stereocenters. The first-order valence-corrected chi connectivity index (χ1v) is 5.82. The van der Waals surface area contributed by atoms with Crippen LogP contribution < -0.4 is 16.0 Å². The van der Waals surface area contributed by atoms with Crippen LogP contribution in [0.25, 0.3) is 0 Å². The first-order valence-electron chi connectivity index (χ1n) is 5.82. The Labute approximate surface area is 110 Å². The van der Waals surface area contributed by atoms with Gasteiger partial charge in [0, 0.05) is 13.1 Å². The van der Waals surface area contributed by atoms with E-state index in [0.29, 0.717) is 12.8 Å². The molecule has 19 heavy (non-hydrogen) atoms. The number of nitrogens with one attached hydrogen (secondary N) is 3. The van der Waals surface area contributed by atoms with Gasteiger partial charge in [-0.15, -0.1) is 0 Å². The van der Waals surface area contributed by atoms with Crippen molar-refractivity contribution in [2.24, 2.45) is 0 Å². The van der Waals surface area contributed by atoms with Crippen molar-refractivity contribution in [3.05, 3.63) is 0 Å². The van der Waals surface area contributed by atoms with Crippen molar-refractivity contribution in [3.8, 4) is 0 Å². The highest BCUT2D eigenvalue weighted by molar-refractivity contribution is 5.85. The van der Waals surface area contributed by atoms with Gasteiger partial charge in [-0.2, -0.15) is 0 Å². The van der Waals surface area contributed by atoms with Gasteiger partial charge in [-0.25, -0.2) is 9.59 Å². The van der Waals surface area contributed by atoms with Crippen LogP contribution in [-0.4, -0.2) is 59.2 Å². The average molecular weight is 277 g/mol. The lowest BCUT2D eigenvalue weighted by molar-refractivity contribution is -0.123. The zero-order valence-corrected chi connectivity index (χ0v) is 10.4. The fourth-order valence-electron chi connectivity index (χ4n) is 1.39. The highest BCUT2D eigenvalue weighted by Gasteiger charge is 2.19. The largest absolute Gasteiger partial charge is 0.465 e. The second-order valence-corrected chi connectivity index (χ2v) is 3.74. The maximum Gasteiger partial charge on any atom is 0.405 e. The van der Waals surface area contributed by atoms with Crippen molar-refractivity contribution in [2.75, 3.05) is 19.7 Å². The third-order valence-electron chi connectivity index (χ3n) is 2.22. The predicted molar refractivity (Wildman–Crippen MR) is 64.9 cm³/mol. The van der Waals surface area contributed by atoms with Crippen LogP contribution in [0.15, 0.2) is 0 Å². The Kier molecular flexibility index (Phi) is 8.88. The molecule has 0 aromatic rings. The molecule has 110 valence electrons. The fraction of sp³-hybridized carbons (Fsp3) is 0.700. The number of carbonyl (C=O) groups excluding carboxylic acids is 1. The quantitative estimate of drug-likeness (QED) is 0.303. The van der Waals surface area contributed by atoms with Gasteiger partial charge in [0.05, 0.1) is 6.61 Å². The number of carboxylic acid groups (broad SMARTS) is 2. The summed E-state index contributed by atoms with van der Waals surface area (Å²) in [5.74, 6) is -0.511. The van der Waals surface area contributed by atoms with E-state index in [2.05, 4.69) is 16.0 Å². The lowest BCUT2D eigenvalue weighted by Crippen LogP contribution is -2.46. The minimum absolute atomic E-state index is 0.0528. The third kappa shape index (κ3) is 9.65. The molecule has 6 N–H and O–H groups in total. The fourth-order valence-corrected chi connectivity index (χ4v) is 1.39. The van der Waals surface area contributed by atoms with E-state index in [1.165, 1.54) is 0 Å². The molecule has 1 atom stereocenters. The molecule has 0 saturated carbocycles. The lowest BCUT2D eigenvalue weighted by atomic mass is 10.1. The van der Waals surface area contributed by atoms with Gasteiger partial charge in [0.15, 0.2) is 0 Å². The summed E-state index contributed by atoms with van der Waals surface area (Å²) in [6.07, 6.45) is -1.20. The summed E-state index contributed by atoms with van der Waals surface area (Å²) in [5.41, 5.74) is 0. The van der Waals surface area contributed by atoms with Crippen LogP contribution in [0.5, 0.6) is 0 Å². The number of carbonyl (C=O) groups is 3. The number of aliphatic hydroxyl groups excluding tert-OH is 1. The summed E-state index contributed by atoms with van der Waals surface area (Å²) in [6.45, 7) is 0.0681. The van der Waals surface area contributed by atoms with Gasteiger partial charge in [-0.05, 0) is 19.3 Å². The highest BCUT2D eigenvalue weighted by atomic mass is 16.4. The number of hydrogen-bond donors (Lipinski definition) is 6. The van der Waals surface area contributed by atoms with Crippen molar-refractivity contribution in [1.82, 2.24) is 16.0 Å². The van der Waals surface area contributed by atoms with Gasteiger partial charge in [0.2, 0.25) is 5.91 Å². The van der Waals surface area contributed by atoms with E-state index in [1.54, 1.807) is 0 Å². The van der Waals surface area contributed by atoms with Gasteiger partial charge in [0.25, 0.3) is 0 Å². The number of rotatable bonds is 9. The van der Waals surface area contributed by atoms with Crippen LogP contribution in [0.4, 0.5) is 9.59 Å². The van der Waals surface area contributed by atoms with Crippen molar-refractivity contribution in [2.45, 2.75) is 25.3 Å². The van der Waals surface area contributed by atoms with E-state index in [1.807, 2.05) is 0 Å². The molecule has 0 aliphatic carbocycles.